The number of pyridine rings is 1. The van der Waals surface area contributed by atoms with Gasteiger partial charge in [-0.05, 0) is 43.2 Å². The lowest BCUT2D eigenvalue weighted by Gasteiger charge is -2.21. The summed E-state index contributed by atoms with van der Waals surface area (Å²) in [6.45, 7) is 2.24. The molecule has 0 aliphatic carbocycles. The van der Waals surface area contributed by atoms with E-state index in [2.05, 4.69) is 28.1 Å². The van der Waals surface area contributed by atoms with E-state index >= 15 is 0 Å². The lowest BCUT2D eigenvalue weighted by molar-refractivity contribution is 0.598. The monoisotopic (exact) mass is 236 g/mol. The third kappa shape index (κ3) is 4.14. The van der Waals surface area contributed by atoms with Gasteiger partial charge in [-0.25, -0.2) is 0 Å². The van der Waals surface area contributed by atoms with E-state index in [9.17, 15) is 0 Å². The highest BCUT2D eigenvalue weighted by Crippen LogP contribution is 2.24. The van der Waals surface area contributed by atoms with Crippen molar-refractivity contribution in [2.75, 3.05) is 18.8 Å². The van der Waals surface area contributed by atoms with Crippen LogP contribution in [0.1, 0.15) is 24.8 Å². The number of hydrogen-bond acceptors (Lipinski definition) is 3. The fourth-order valence-corrected chi connectivity index (χ4v) is 3.28. The first-order valence-corrected chi connectivity index (χ1v) is 7.21. The van der Waals surface area contributed by atoms with Crippen molar-refractivity contribution in [1.29, 1.82) is 0 Å². The van der Waals surface area contributed by atoms with Crippen LogP contribution in [0.2, 0.25) is 0 Å². The molecular formula is C13H20N2S. The summed E-state index contributed by atoms with van der Waals surface area (Å²) in [4.78, 5) is 4.12. The summed E-state index contributed by atoms with van der Waals surface area (Å²) < 4.78 is 0. The molecule has 3 heteroatoms. The highest BCUT2D eigenvalue weighted by Gasteiger charge is 2.12. The van der Waals surface area contributed by atoms with Gasteiger partial charge in [0.15, 0.2) is 0 Å². The Hall–Kier alpha value is -0.540. The Morgan fingerprint density at radius 1 is 1.44 bits per heavy atom. The zero-order chi connectivity index (χ0) is 11.1. The summed E-state index contributed by atoms with van der Waals surface area (Å²) in [6, 6.07) is 4.15. The molecule has 1 aromatic heterocycles. The summed E-state index contributed by atoms with van der Waals surface area (Å²) in [7, 11) is 0. The molecule has 1 aromatic rings. The van der Waals surface area contributed by atoms with Gasteiger partial charge in [-0.2, -0.15) is 11.8 Å². The van der Waals surface area contributed by atoms with Crippen LogP contribution in [0, 0.1) is 0 Å². The van der Waals surface area contributed by atoms with Gasteiger partial charge in [0.05, 0.1) is 0 Å². The first kappa shape index (κ1) is 11.9. The molecule has 0 saturated carbocycles. The maximum atomic E-state index is 4.12. The maximum absolute atomic E-state index is 4.12. The van der Waals surface area contributed by atoms with Crippen LogP contribution in [-0.2, 0) is 6.42 Å². The van der Waals surface area contributed by atoms with Gasteiger partial charge in [0.1, 0.15) is 0 Å². The van der Waals surface area contributed by atoms with Gasteiger partial charge in [0.25, 0.3) is 0 Å². The van der Waals surface area contributed by atoms with Crippen molar-refractivity contribution in [3.8, 4) is 0 Å². The van der Waals surface area contributed by atoms with Gasteiger partial charge >= 0.3 is 0 Å². The van der Waals surface area contributed by atoms with E-state index in [0.717, 1.165) is 18.2 Å². The zero-order valence-electron chi connectivity index (χ0n) is 9.69. The van der Waals surface area contributed by atoms with Crippen molar-refractivity contribution in [2.45, 2.75) is 30.9 Å². The molecule has 0 radical (unpaired) electrons. The first-order chi connectivity index (χ1) is 7.95. The van der Waals surface area contributed by atoms with E-state index in [1.807, 2.05) is 18.5 Å². The van der Waals surface area contributed by atoms with Crippen molar-refractivity contribution >= 4 is 11.8 Å². The second-order valence-corrected chi connectivity index (χ2v) is 5.71. The van der Waals surface area contributed by atoms with Crippen LogP contribution in [0.25, 0.3) is 0 Å². The van der Waals surface area contributed by atoms with Crippen LogP contribution in [0.5, 0.6) is 0 Å². The smallest absolute Gasteiger partial charge is 0.0300 e. The zero-order valence-corrected chi connectivity index (χ0v) is 10.5. The van der Waals surface area contributed by atoms with Gasteiger partial charge in [-0.15, -0.1) is 0 Å². The normalized spacial score (nSPS) is 20.9. The minimum Gasteiger partial charge on any atom is -0.315 e. The summed E-state index contributed by atoms with van der Waals surface area (Å²) >= 11 is 2.13. The number of aromatic nitrogens is 1. The summed E-state index contributed by atoms with van der Waals surface area (Å²) in [6.07, 6.45) is 9.10. The fraction of sp³-hybridized carbons (Fsp3) is 0.615. The van der Waals surface area contributed by atoms with E-state index in [1.54, 1.807) is 0 Å². The minimum absolute atomic E-state index is 0.850. The van der Waals surface area contributed by atoms with Crippen LogP contribution in [-0.4, -0.2) is 29.1 Å². The van der Waals surface area contributed by atoms with E-state index in [4.69, 9.17) is 0 Å². The van der Waals surface area contributed by atoms with Crippen LogP contribution in [0.4, 0.5) is 0 Å². The second-order valence-electron chi connectivity index (χ2n) is 4.30. The highest BCUT2D eigenvalue weighted by molar-refractivity contribution is 7.99. The molecule has 1 unspecified atom stereocenters. The standard InChI is InChI=1S/C13H20N2S/c1-2-9-16-13(5-1)11-15-8-6-12-4-3-7-14-10-12/h3-4,7,10,13,15H,1-2,5-6,8-9,11H2. The maximum Gasteiger partial charge on any atom is 0.0300 e. The lowest BCUT2D eigenvalue weighted by Crippen LogP contribution is -2.28. The molecule has 1 saturated heterocycles. The van der Waals surface area contributed by atoms with Gasteiger partial charge < -0.3 is 5.32 Å². The second kappa shape index (κ2) is 6.92. The van der Waals surface area contributed by atoms with Crippen molar-refractivity contribution in [2.24, 2.45) is 0 Å². The molecule has 16 heavy (non-hydrogen) atoms. The molecule has 2 rings (SSSR count). The first-order valence-electron chi connectivity index (χ1n) is 6.16. The SMILES string of the molecule is c1cncc(CCNCC2CCCCS2)c1. The Morgan fingerprint density at radius 2 is 2.44 bits per heavy atom. The number of rotatable bonds is 5. The molecular weight excluding hydrogens is 216 g/mol. The molecule has 1 aliphatic rings. The van der Waals surface area contributed by atoms with Crippen LogP contribution < -0.4 is 5.32 Å². The van der Waals surface area contributed by atoms with E-state index < -0.39 is 0 Å². The molecule has 0 bridgehead atoms. The molecule has 0 aromatic carbocycles. The molecule has 1 N–H and O–H groups in total. The topological polar surface area (TPSA) is 24.9 Å². The van der Waals surface area contributed by atoms with Crippen LogP contribution >= 0.6 is 11.8 Å². The van der Waals surface area contributed by atoms with E-state index in [-0.39, 0.29) is 0 Å². The molecule has 0 amide bonds. The number of thioether (sulfide) groups is 1. The molecule has 88 valence electrons. The molecule has 2 nitrogen and oxygen atoms in total. The van der Waals surface area contributed by atoms with Crippen molar-refractivity contribution in [1.82, 2.24) is 10.3 Å². The Bertz CT molecular complexity index is 283. The fourth-order valence-electron chi connectivity index (χ4n) is 2.01. The lowest BCUT2D eigenvalue weighted by atomic mass is 10.2. The highest BCUT2D eigenvalue weighted by atomic mass is 32.2. The summed E-state index contributed by atoms with van der Waals surface area (Å²) in [5, 5.41) is 4.40. The molecule has 0 spiro atoms. The summed E-state index contributed by atoms with van der Waals surface area (Å²) in [5.41, 5.74) is 1.33. The van der Waals surface area contributed by atoms with Gasteiger partial charge in [0, 0.05) is 24.2 Å². The Morgan fingerprint density at radius 3 is 3.19 bits per heavy atom. The Balaban J connectivity index is 1.58. The molecule has 2 heterocycles. The predicted octanol–water partition coefficient (Wildman–Crippen LogP) is 2.50. The molecule has 1 fully saturated rings. The van der Waals surface area contributed by atoms with Crippen molar-refractivity contribution in [3.05, 3.63) is 30.1 Å². The average molecular weight is 236 g/mol. The van der Waals surface area contributed by atoms with E-state index in [1.165, 1.54) is 37.1 Å². The minimum atomic E-state index is 0.850. The van der Waals surface area contributed by atoms with Crippen LogP contribution in [0.15, 0.2) is 24.5 Å². The number of nitrogens with one attached hydrogen (secondary N) is 1. The van der Waals surface area contributed by atoms with E-state index in [0.29, 0.717) is 0 Å². The van der Waals surface area contributed by atoms with Crippen molar-refractivity contribution in [3.63, 3.8) is 0 Å². The Kier molecular flexibility index (Phi) is 5.16. The van der Waals surface area contributed by atoms with Crippen molar-refractivity contribution < 1.29 is 0 Å². The predicted molar refractivity (Wildman–Crippen MR) is 70.9 cm³/mol. The Labute approximate surface area is 102 Å². The van der Waals surface area contributed by atoms with Gasteiger partial charge in [-0.1, -0.05) is 12.5 Å². The quantitative estimate of drug-likeness (QED) is 0.795. The number of nitrogens with zero attached hydrogens (tertiary/aromatic N) is 1. The van der Waals surface area contributed by atoms with Gasteiger partial charge in [0.2, 0.25) is 0 Å². The molecule has 1 aliphatic heterocycles. The van der Waals surface area contributed by atoms with Crippen LogP contribution in [0.3, 0.4) is 0 Å². The largest absolute Gasteiger partial charge is 0.315 e. The number of hydrogen-bond donors (Lipinski definition) is 1. The third-order valence-corrected chi connectivity index (χ3v) is 4.36. The third-order valence-electron chi connectivity index (χ3n) is 2.96. The molecule has 1 atom stereocenters. The summed E-state index contributed by atoms with van der Waals surface area (Å²) in [5.74, 6) is 1.36. The van der Waals surface area contributed by atoms with Gasteiger partial charge in [-0.3, -0.25) is 4.98 Å². The average Bonchev–Trinajstić information content (AvgIpc) is 2.37.